The monoisotopic (exact) mass is 525 g/mol. The highest BCUT2D eigenvalue weighted by atomic mass is 32.1. The second-order valence-corrected chi connectivity index (χ2v) is 9.71. The normalized spacial score (nSPS) is 18.8. The van der Waals surface area contributed by atoms with Crippen molar-refractivity contribution in [2.24, 2.45) is 0 Å². The molecule has 0 spiro atoms. The summed E-state index contributed by atoms with van der Waals surface area (Å²) in [6.07, 6.45) is 0.847. The molecule has 1 N–H and O–H groups in total. The first-order chi connectivity index (χ1) is 17.9. The Morgan fingerprint density at radius 3 is 2.38 bits per heavy atom. The van der Waals surface area contributed by atoms with E-state index in [0.29, 0.717) is 34.5 Å². The minimum absolute atomic E-state index is 0.0000198. The molecule has 2 aliphatic heterocycles. The van der Waals surface area contributed by atoms with Crippen molar-refractivity contribution in [3.05, 3.63) is 48.5 Å². The summed E-state index contributed by atoms with van der Waals surface area (Å²) in [5, 5.41) is 3.31. The summed E-state index contributed by atoms with van der Waals surface area (Å²) >= 11 is 5.80. The van der Waals surface area contributed by atoms with E-state index in [2.05, 4.69) is 22.2 Å². The number of thiocarbonyl (C=S) groups is 1. The third-order valence-corrected chi connectivity index (χ3v) is 7.27. The van der Waals surface area contributed by atoms with Gasteiger partial charge in [-0.25, -0.2) is 0 Å². The van der Waals surface area contributed by atoms with Gasteiger partial charge in [0.15, 0.2) is 5.11 Å². The number of rotatable bonds is 10. The van der Waals surface area contributed by atoms with Crippen LogP contribution in [0, 0.1) is 0 Å². The molecule has 0 aromatic heterocycles. The predicted molar refractivity (Wildman–Crippen MR) is 148 cm³/mol. The lowest BCUT2D eigenvalue weighted by Gasteiger charge is -2.33. The van der Waals surface area contributed by atoms with Gasteiger partial charge in [0.25, 0.3) is 5.91 Å². The number of methoxy groups -OCH3 is 2. The lowest BCUT2D eigenvalue weighted by molar-refractivity contribution is -0.124. The second-order valence-electron chi connectivity index (χ2n) is 9.35. The number of hydrogen-bond acceptors (Lipinski definition) is 7. The molecule has 10 heteroatoms. The van der Waals surface area contributed by atoms with E-state index in [0.717, 1.165) is 39.1 Å². The van der Waals surface area contributed by atoms with Crippen molar-refractivity contribution >= 4 is 40.5 Å². The number of ether oxygens (including phenoxy) is 2. The minimum atomic E-state index is -0.676. The van der Waals surface area contributed by atoms with Gasteiger partial charge >= 0.3 is 0 Å². The fourth-order valence-corrected chi connectivity index (χ4v) is 5.09. The number of likely N-dealkylation sites (N-methyl/N-ethyl adjacent to an activating group) is 1. The van der Waals surface area contributed by atoms with Crippen LogP contribution in [0.15, 0.2) is 48.5 Å². The van der Waals surface area contributed by atoms with E-state index < -0.39 is 6.04 Å². The molecule has 2 saturated heterocycles. The summed E-state index contributed by atoms with van der Waals surface area (Å²) in [7, 11) is 5.31. The molecule has 2 aliphatic rings. The topological polar surface area (TPSA) is 77.6 Å². The van der Waals surface area contributed by atoms with Crippen LogP contribution in [-0.4, -0.2) is 98.2 Å². The van der Waals surface area contributed by atoms with Gasteiger partial charge in [-0.05, 0) is 68.6 Å². The second kappa shape index (κ2) is 12.4. The number of amides is 2. The Hall–Kier alpha value is -3.21. The SMILES string of the molecule is COc1ccc(NC(=O)CC2C(=O)N(c3cccc(OC)c3)C(=S)N2CCCN2CCN(C)CC2)cc1. The molecule has 198 valence electrons. The summed E-state index contributed by atoms with van der Waals surface area (Å²) in [5.41, 5.74) is 1.28. The summed E-state index contributed by atoms with van der Waals surface area (Å²) in [4.78, 5) is 34.8. The smallest absolute Gasteiger partial charge is 0.256 e. The third-order valence-electron chi connectivity index (χ3n) is 6.85. The number of nitrogens with zero attached hydrogens (tertiary/aromatic N) is 4. The number of carbonyl (C=O) groups excluding carboxylic acids is 2. The molecule has 2 fully saturated rings. The largest absolute Gasteiger partial charge is 0.497 e. The van der Waals surface area contributed by atoms with Crippen molar-refractivity contribution < 1.29 is 19.1 Å². The van der Waals surface area contributed by atoms with Crippen LogP contribution in [0.4, 0.5) is 11.4 Å². The zero-order valence-electron chi connectivity index (χ0n) is 21.7. The number of anilines is 2. The highest BCUT2D eigenvalue weighted by molar-refractivity contribution is 7.80. The molecule has 2 aromatic rings. The van der Waals surface area contributed by atoms with E-state index in [1.807, 2.05) is 23.1 Å². The van der Waals surface area contributed by atoms with Gasteiger partial charge in [-0.3, -0.25) is 14.5 Å². The number of nitrogens with one attached hydrogen (secondary N) is 1. The fraction of sp³-hybridized carbons (Fsp3) is 0.444. The van der Waals surface area contributed by atoms with Gasteiger partial charge in [0.2, 0.25) is 5.91 Å². The van der Waals surface area contributed by atoms with E-state index in [9.17, 15) is 9.59 Å². The Bertz CT molecular complexity index is 1100. The molecular weight excluding hydrogens is 490 g/mol. The quantitative estimate of drug-likeness (QED) is 0.475. The van der Waals surface area contributed by atoms with Crippen molar-refractivity contribution in [3.63, 3.8) is 0 Å². The number of carbonyl (C=O) groups is 2. The highest BCUT2D eigenvalue weighted by Gasteiger charge is 2.44. The van der Waals surface area contributed by atoms with Crippen molar-refractivity contribution in [2.45, 2.75) is 18.9 Å². The van der Waals surface area contributed by atoms with Crippen molar-refractivity contribution in [1.82, 2.24) is 14.7 Å². The molecule has 37 heavy (non-hydrogen) atoms. The molecule has 2 aromatic carbocycles. The van der Waals surface area contributed by atoms with E-state index in [1.54, 1.807) is 44.6 Å². The standard InChI is InChI=1S/C27H35N5O4S/c1-29-14-16-30(17-15-29)12-5-13-31-24(19-25(33)28-20-8-10-22(35-2)11-9-20)26(34)32(27(31)37)21-6-4-7-23(18-21)36-3/h4,6-11,18,24H,5,12-17,19H2,1-3H3,(H,28,33). The average molecular weight is 526 g/mol. The van der Waals surface area contributed by atoms with Gasteiger partial charge in [0, 0.05) is 44.5 Å². The number of hydrogen-bond donors (Lipinski definition) is 1. The van der Waals surface area contributed by atoms with Gasteiger partial charge < -0.3 is 29.5 Å². The van der Waals surface area contributed by atoms with Crippen LogP contribution >= 0.6 is 12.2 Å². The Balaban J connectivity index is 1.47. The summed E-state index contributed by atoms with van der Waals surface area (Å²) in [6.45, 7) is 5.69. The molecule has 2 amide bonds. The maximum absolute atomic E-state index is 13.6. The maximum Gasteiger partial charge on any atom is 0.256 e. The Labute approximate surface area is 223 Å². The summed E-state index contributed by atoms with van der Waals surface area (Å²) in [6, 6.07) is 13.7. The van der Waals surface area contributed by atoms with Crippen LogP contribution in [0.3, 0.4) is 0 Å². The maximum atomic E-state index is 13.6. The third kappa shape index (κ3) is 6.57. The van der Waals surface area contributed by atoms with Gasteiger partial charge in [-0.1, -0.05) is 6.07 Å². The Morgan fingerprint density at radius 1 is 1.00 bits per heavy atom. The van der Waals surface area contributed by atoms with Gasteiger partial charge in [-0.2, -0.15) is 0 Å². The zero-order chi connectivity index (χ0) is 26.4. The molecule has 0 bridgehead atoms. The minimum Gasteiger partial charge on any atom is -0.497 e. The van der Waals surface area contributed by atoms with Crippen molar-refractivity contribution in [1.29, 1.82) is 0 Å². The van der Waals surface area contributed by atoms with Crippen LogP contribution in [-0.2, 0) is 9.59 Å². The summed E-state index contributed by atoms with van der Waals surface area (Å²) < 4.78 is 10.5. The van der Waals surface area contributed by atoms with E-state index in [1.165, 1.54) is 4.90 Å². The predicted octanol–water partition coefficient (Wildman–Crippen LogP) is 2.67. The lowest BCUT2D eigenvalue weighted by Crippen LogP contribution is -2.45. The molecule has 9 nitrogen and oxygen atoms in total. The van der Waals surface area contributed by atoms with Crippen molar-refractivity contribution in [3.8, 4) is 11.5 Å². The van der Waals surface area contributed by atoms with E-state index in [4.69, 9.17) is 21.7 Å². The molecule has 1 unspecified atom stereocenters. The lowest BCUT2D eigenvalue weighted by atomic mass is 10.1. The molecule has 4 rings (SSSR count). The Morgan fingerprint density at radius 2 is 1.70 bits per heavy atom. The van der Waals surface area contributed by atoms with Crippen LogP contribution in [0.1, 0.15) is 12.8 Å². The van der Waals surface area contributed by atoms with Crippen LogP contribution < -0.4 is 19.7 Å². The zero-order valence-corrected chi connectivity index (χ0v) is 22.5. The summed E-state index contributed by atoms with van der Waals surface area (Å²) in [5.74, 6) is 0.885. The molecule has 0 aliphatic carbocycles. The van der Waals surface area contributed by atoms with Crippen LogP contribution in [0.25, 0.3) is 0 Å². The first-order valence-electron chi connectivity index (χ1n) is 12.5. The molecular formula is C27H35N5O4S. The van der Waals surface area contributed by atoms with Crippen molar-refractivity contribution in [2.75, 3.05) is 70.8 Å². The molecule has 2 heterocycles. The average Bonchev–Trinajstić information content (AvgIpc) is 3.14. The first-order valence-corrected chi connectivity index (χ1v) is 12.9. The molecule has 0 radical (unpaired) electrons. The first kappa shape index (κ1) is 26.8. The van der Waals surface area contributed by atoms with Gasteiger partial charge in [0.1, 0.15) is 17.5 Å². The Kier molecular flexibility index (Phi) is 8.96. The fourth-order valence-electron chi connectivity index (χ4n) is 4.67. The highest BCUT2D eigenvalue weighted by Crippen LogP contribution is 2.30. The van der Waals surface area contributed by atoms with E-state index in [-0.39, 0.29) is 18.2 Å². The number of benzene rings is 2. The van der Waals surface area contributed by atoms with Gasteiger partial charge in [-0.15, -0.1) is 0 Å². The van der Waals surface area contributed by atoms with E-state index >= 15 is 0 Å². The number of piperazine rings is 1. The van der Waals surface area contributed by atoms with Crippen LogP contribution in [0.2, 0.25) is 0 Å². The van der Waals surface area contributed by atoms with Crippen LogP contribution in [0.5, 0.6) is 11.5 Å². The van der Waals surface area contributed by atoms with Gasteiger partial charge in [0.05, 0.1) is 26.3 Å². The molecule has 0 saturated carbocycles. The molecule has 1 atom stereocenters.